The summed E-state index contributed by atoms with van der Waals surface area (Å²) in [5, 5.41) is 13.1. The number of nitrogens with one attached hydrogen (secondary N) is 1. The van der Waals surface area contributed by atoms with Crippen LogP contribution in [0.5, 0.6) is 5.75 Å². The van der Waals surface area contributed by atoms with Crippen LogP contribution in [0.1, 0.15) is 11.1 Å². The second kappa shape index (κ2) is 6.96. The highest BCUT2D eigenvalue weighted by atomic mass is 16.5. The SMILES string of the molecule is Cc1ccc(C)c(OCC(O)CNc2ccccc2)c1. The molecule has 0 radical (unpaired) electrons. The Labute approximate surface area is 120 Å². The summed E-state index contributed by atoms with van der Waals surface area (Å²) in [6, 6.07) is 15.9. The van der Waals surface area contributed by atoms with Gasteiger partial charge in [-0.05, 0) is 43.2 Å². The number of para-hydroxylation sites is 1. The van der Waals surface area contributed by atoms with Crippen LogP contribution < -0.4 is 10.1 Å². The van der Waals surface area contributed by atoms with Crippen LogP contribution in [-0.2, 0) is 0 Å². The Morgan fingerprint density at radius 1 is 1.10 bits per heavy atom. The van der Waals surface area contributed by atoms with Gasteiger partial charge in [-0.1, -0.05) is 30.3 Å². The lowest BCUT2D eigenvalue weighted by molar-refractivity contribution is 0.117. The minimum Gasteiger partial charge on any atom is -0.491 e. The molecule has 0 saturated heterocycles. The van der Waals surface area contributed by atoms with Gasteiger partial charge in [-0.25, -0.2) is 0 Å². The van der Waals surface area contributed by atoms with Crippen molar-refractivity contribution < 1.29 is 9.84 Å². The van der Waals surface area contributed by atoms with Gasteiger partial charge in [0.05, 0.1) is 0 Å². The summed E-state index contributed by atoms with van der Waals surface area (Å²) in [5.41, 5.74) is 3.24. The van der Waals surface area contributed by atoms with Crippen molar-refractivity contribution in [3.8, 4) is 5.75 Å². The standard InChI is InChI=1S/C17H21NO2/c1-13-8-9-14(2)17(10-13)20-12-16(19)11-18-15-6-4-3-5-7-15/h3-10,16,18-19H,11-12H2,1-2H3. The predicted octanol–water partition coefficient (Wildman–Crippen LogP) is 3.16. The highest BCUT2D eigenvalue weighted by molar-refractivity contribution is 5.42. The van der Waals surface area contributed by atoms with E-state index < -0.39 is 6.10 Å². The van der Waals surface area contributed by atoms with E-state index in [4.69, 9.17) is 4.74 Å². The van der Waals surface area contributed by atoms with Crippen LogP contribution in [0, 0.1) is 13.8 Å². The Hall–Kier alpha value is -2.00. The summed E-state index contributed by atoms with van der Waals surface area (Å²) in [4.78, 5) is 0. The number of aliphatic hydroxyl groups excluding tert-OH is 1. The summed E-state index contributed by atoms with van der Waals surface area (Å²) >= 11 is 0. The third-order valence-electron chi connectivity index (χ3n) is 3.09. The average molecular weight is 271 g/mol. The molecule has 0 amide bonds. The minimum absolute atomic E-state index is 0.282. The Balaban J connectivity index is 1.80. The van der Waals surface area contributed by atoms with Gasteiger partial charge in [0.25, 0.3) is 0 Å². The van der Waals surface area contributed by atoms with Crippen LogP contribution in [0.25, 0.3) is 0 Å². The van der Waals surface area contributed by atoms with Gasteiger partial charge in [0.2, 0.25) is 0 Å². The number of rotatable bonds is 6. The number of anilines is 1. The number of hydrogen-bond acceptors (Lipinski definition) is 3. The van der Waals surface area contributed by atoms with Crippen LogP contribution in [0.3, 0.4) is 0 Å². The van der Waals surface area contributed by atoms with E-state index in [0.717, 1.165) is 22.6 Å². The molecule has 2 N–H and O–H groups in total. The lowest BCUT2D eigenvalue weighted by Crippen LogP contribution is -2.26. The fourth-order valence-electron chi connectivity index (χ4n) is 1.90. The number of ether oxygens (including phenoxy) is 1. The van der Waals surface area contributed by atoms with Crippen LogP contribution in [-0.4, -0.2) is 24.4 Å². The zero-order valence-corrected chi connectivity index (χ0v) is 12.0. The molecule has 0 aliphatic carbocycles. The minimum atomic E-state index is -0.546. The molecule has 106 valence electrons. The topological polar surface area (TPSA) is 41.5 Å². The van der Waals surface area contributed by atoms with Crippen LogP contribution in [0.15, 0.2) is 48.5 Å². The monoisotopic (exact) mass is 271 g/mol. The summed E-state index contributed by atoms with van der Waals surface area (Å²) in [7, 11) is 0. The molecule has 2 aromatic rings. The van der Waals surface area contributed by atoms with E-state index in [1.165, 1.54) is 0 Å². The summed E-state index contributed by atoms with van der Waals surface area (Å²) in [5.74, 6) is 0.837. The number of benzene rings is 2. The maximum Gasteiger partial charge on any atom is 0.122 e. The van der Waals surface area contributed by atoms with Crippen molar-refractivity contribution >= 4 is 5.69 Å². The molecule has 0 saturated carbocycles. The molecule has 1 atom stereocenters. The van der Waals surface area contributed by atoms with E-state index in [0.29, 0.717) is 6.54 Å². The van der Waals surface area contributed by atoms with Gasteiger partial charge < -0.3 is 15.2 Å². The molecule has 3 heteroatoms. The van der Waals surface area contributed by atoms with Gasteiger partial charge in [0.15, 0.2) is 0 Å². The molecule has 0 fully saturated rings. The molecule has 0 bridgehead atoms. The smallest absolute Gasteiger partial charge is 0.122 e. The normalized spacial score (nSPS) is 11.9. The van der Waals surface area contributed by atoms with E-state index in [2.05, 4.69) is 11.4 Å². The molecule has 2 rings (SSSR count). The van der Waals surface area contributed by atoms with Gasteiger partial charge in [-0.2, -0.15) is 0 Å². The summed E-state index contributed by atoms with van der Waals surface area (Å²) in [6.07, 6.45) is -0.546. The van der Waals surface area contributed by atoms with Crippen molar-refractivity contribution in [1.29, 1.82) is 0 Å². The van der Waals surface area contributed by atoms with Crippen molar-refractivity contribution in [2.75, 3.05) is 18.5 Å². The molecule has 2 aromatic carbocycles. The average Bonchev–Trinajstić information content (AvgIpc) is 2.47. The lowest BCUT2D eigenvalue weighted by Gasteiger charge is -2.15. The van der Waals surface area contributed by atoms with Crippen molar-refractivity contribution in [1.82, 2.24) is 0 Å². The van der Waals surface area contributed by atoms with E-state index in [1.807, 2.05) is 56.3 Å². The van der Waals surface area contributed by atoms with Crippen molar-refractivity contribution in [3.63, 3.8) is 0 Å². The zero-order valence-electron chi connectivity index (χ0n) is 12.0. The Morgan fingerprint density at radius 3 is 2.60 bits per heavy atom. The maximum absolute atomic E-state index is 9.94. The van der Waals surface area contributed by atoms with Crippen molar-refractivity contribution in [2.45, 2.75) is 20.0 Å². The predicted molar refractivity (Wildman–Crippen MR) is 82.3 cm³/mol. The molecule has 0 aliphatic heterocycles. The number of aryl methyl sites for hydroxylation is 2. The molecule has 1 unspecified atom stereocenters. The van der Waals surface area contributed by atoms with Gasteiger partial charge in [-0.15, -0.1) is 0 Å². The van der Waals surface area contributed by atoms with Gasteiger partial charge >= 0.3 is 0 Å². The summed E-state index contributed by atoms with van der Waals surface area (Å²) < 4.78 is 5.68. The van der Waals surface area contributed by atoms with Crippen molar-refractivity contribution in [2.24, 2.45) is 0 Å². The number of hydrogen-bond donors (Lipinski definition) is 2. The maximum atomic E-state index is 9.94. The first-order chi connectivity index (χ1) is 9.65. The highest BCUT2D eigenvalue weighted by Gasteiger charge is 2.07. The second-order valence-corrected chi connectivity index (χ2v) is 4.98. The third-order valence-corrected chi connectivity index (χ3v) is 3.09. The van der Waals surface area contributed by atoms with Crippen LogP contribution in [0.2, 0.25) is 0 Å². The molecular formula is C17H21NO2. The molecule has 0 spiro atoms. The fraction of sp³-hybridized carbons (Fsp3) is 0.294. The van der Waals surface area contributed by atoms with E-state index in [9.17, 15) is 5.11 Å². The molecule has 0 aliphatic rings. The van der Waals surface area contributed by atoms with Gasteiger partial charge in [0.1, 0.15) is 18.5 Å². The fourth-order valence-corrected chi connectivity index (χ4v) is 1.90. The first-order valence-electron chi connectivity index (χ1n) is 6.82. The molecule has 0 heterocycles. The van der Waals surface area contributed by atoms with E-state index in [1.54, 1.807) is 0 Å². The lowest BCUT2D eigenvalue weighted by atomic mass is 10.1. The van der Waals surface area contributed by atoms with Gasteiger partial charge in [-0.3, -0.25) is 0 Å². The van der Waals surface area contributed by atoms with Crippen molar-refractivity contribution in [3.05, 3.63) is 59.7 Å². The van der Waals surface area contributed by atoms with E-state index in [-0.39, 0.29) is 6.61 Å². The van der Waals surface area contributed by atoms with Gasteiger partial charge in [0, 0.05) is 12.2 Å². The van der Waals surface area contributed by atoms with Crippen LogP contribution in [0.4, 0.5) is 5.69 Å². The third kappa shape index (κ3) is 4.28. The molecular weight excluding hydrogens is 250 g/mol. The molecule has 3 nitrogen and oxygen atoms in total. The van der Waals surface area contributed by atoms with E-state index >= 15 is 0 Å². The number of aliphatic hydroxyl groups is 1. The largest absolute Gasteiger partial charge is 0.491 e. The highest BCUT2D eigenvalue weighted by Crippen LogP contribution is 2.19. The quantitative estimate of drug-likeness (QED) is 0.848. The Morgan fingerprint density at radius 2 is 1.85 bits per heavy atom. The zero-order chi connectivity index (χ0) is 14.4. The summed E-state index contributed by atoms with van der Waals surface area (Å²) in [6.45, 7) is 4.78. The second-order valence-electron chi connectivity index (χ2n) is 4.98. The first kappa shape index (κ1) is 14.4. The Kier molecular flexibility index (Phi) is 5.02. The first-order valence-corrected chi connectivity index (χ1v) is 6.82. The molecule has 0 aromatic heterocycles. The molecule has 20 heavy (non-hydrogen) atoms. The Bertz CT molecular complexity index is 540. The van der Waals surface area contributed by atoms with Crippen LogP contribution >= 0.6 is 0 Å².